The van der Waals surface area contributed by atoms with E-state index in [0.29, 0.717) is 31.6 Å². The zero-order chi connectivity index (χ0) is 13.8. The van der Waals surface area contributed by atoms with Crippen molar-refractivity contribution in [2.24, 2.45) is 5.84 Å². The van der Waals surface area contributed by atoms with Crippen molar-refractivity contribution in [2.75, 3.05) is 49.0 Å². The van der Waals surface area contributed by atoms with E-state index in [9.17, 15) is 0 Å². The third kappa shape index (κ3) is 2.98. The number of morpholine rings is 1. The summed E-state index contributed by atoms with van der Waals surface area (Å²) in [4.78, 5) is 16.3. The number of nitrogen functional groups attached to an aromatic ring is 1. The van der Waals surface area contributed by atoms with Gasteiger partial charge in [-0.15, -0.1) is 0 Å². The van der Waals surface area contributed by atoms with Crippen molar-refractivity contribution >= 4 is 17.8 Å². The molecule has 0 radical (unpaired) electrons. The van der Waals surface area contributed by atoms with Gasteiger partial charge in [0.15, 0.2) is 6.10 Å². The van der Waals surface area contributed by atoms with Gasteiger partial charge in [0, 0.05) is 20.6 Å². The maximum absolute atomic E-state index is 8.90. The SMILES string of the molecule is CN(C)c1nc(NN)nc(N2CCOC(C#N)C2)n1. The molecule has 1 aliphatic heterocycles. The molecule has 1 saturated heterocycles. The monoisotopic (exact) mass is 264 g/mol. The first-order valence-electron chi connectivity index (χ1n) is 5.80. The summed E-state index contributed by atoms with van der Waals surface area (Å²) < 4.78 is 5.29. The zero-order valence-electron chi connectivity index (χ0n) is 10.9. The molecule has 9 heteroatoms. The van der Waals surface area contributed by atoms with Crippen LogP contribution in [0.25, 0.3) is 0 Å². The van der Waals surface area contributed by atoms with Crippen LogP contribution in [0.15, 0.2) is 0 Å². The molecule has 1 aliphatic rings. The van der Waals surface area contributed by atoms with Gasteiger partial charge >= 0.3 is 0 Å². The summed E-state index contributed by atoms with van der Waals surface area (Å²) in [6.07, 6.45) is -0.470. The van der Waals surface area contributed by atoms with Gasteiger partial charge in [-0.1, -0.05) is 0 Å². The third-order valence-electron chi connectivity index (χ3n) is 2.63. The maximum Gasteiger partial charge on any atom is 0.243 e. The van der Waals surface area contributed by atoms with Crippen LogP contribution in [0.3, 0.4) is 0 Å². The van der Waals surface area contributed by atoms with Crippen LogP contribution in [0, 0.1) is 11.3 Å². The molecule has 2 rings (SSSR count). The molecule has 1 unspecified atom stereocenters. The minimum absolute atomic E-state index is 0.286. The third-order valence-corrected chi connectivity index (χ3v) is 2.63. The normalized spacial score (nSPS) is 18.8. The van der Waals surface area contributed by atoms with Crippen molar-refractivity contribution in [3.63, 3.8) is 0 Å². The van der Waals surface area contributed by atoms with Crippen LogP contribution in [-0.2, 0) is 4.74 Å². The van der Waals surface area contributed by atoms with E-state index in [1.165, 1.54) is 0 Å². The van der Waals surface area contributed by atoms with Crippen LogP contribution in [0.2, 0.25) is 0 Å². The van der Waals surface area contributed by atoms with E-state index in [2.05, 4.69) is 26.4 Å². The second-order valence-electron chi connectivity index (χ2n) is 4.23. The minimum atomic E-state index is -0.470. The number of aromatic nitrogens is 3. The first-order chi connectivity index (χ1) is 9.13. The maximum atomic E-state index is 8.90. The first kappa shape index (κ1) is 13.3. The van der Waals surface area contributed by atoms with Crippen molar-refractivity contribution in [3.8, 4) is 6.07 Å². The molecule has 0 amide bonds. The summed E-state index contributed by atoms with van der Waals surface area (Å²) in [6.45, 7) is 1.52. The fourth-order valence-corrected chi connectivity index (χ4v) is 1.67. The van der Waals surface area contributed by atoms with E-state index in [1.807, 2.05) is 19.0 Å². The molecule has 1 atom stereocenters. The Hall–Kier alpha value is -2.18. The van der Waals surface area contributed by atoms with Gasteiger partial charge in [-0.2, -0.15) is 20.2 Å². The number of hydrazine groups is 1. The highest BCUT2D eigenvalue weighted by Crippen LogP contribution is 2.17. The Labute approximate surface area is 111 Å². The molecular formula is C10H16N8O. The van der Waals surface area contributed by atoms with Gasteiger partial charge in [-0.05, 0) is 0 Å². The lowest BCUT2D eigenvalue weighted by Gasteiger charge is -2.30. The number of rotatable bonds is 3. The van der Waals surface area contributed by atoms with Gasteiger partial charge in [0.05, 0.1) is 19.2 Å². The van der Waals surface area contributed by atoms with E-state index in [-0.39, 0.29) is 5.95 Å². The molecule has 2 heterocycles. The Bertz CT molecular complexity index is 485. The van der Waals surface area contributed by atoms with Crippen LogP contribution in [-0.4, -0.2) is 54.8 Å². The molecule has 0 aliphatic carbocycles. The Morgan fingerprint density at radius 2 is 2.26 bits per heavy atom. The largest absolute Gasteiger partial charge is 0.360 e. The minimum Gasteiger partial charge on any atom is -0.360 e. The Kier molecular flexibility index (Phi) is 3.94. The number of nitrogens with one attached hydrogen (secondary N) is 1. The molecule has 1 aromatic rings. The summed E-state index contributed by atoms with van der Waals surface area (Å²) in [7, 11) is 3.66. The lowest BCUT2D eigenvalue weighted by atomic mass is 10.3. The van der Waals surface area contributed by atoms with Crippen molar-refractivity contribution < 1.29 is 4.74 Å². The van der Waals surface area contributed by atoms with Gasteiger partial charge < -0.3 is 14.5 Å². The molecule has 0 spiro atoms. The summed E-state index contributed by atoms with van der Waals surface area (Å²) in [5, 5.41) is 8.90. The number of ether oxygens (including phenoxy) is 1. The van der Waals surface area contributed by atoms with Crippen molar-refractivity contribution in [1.82, 2.24) is 15.0 Å². The predicted octanol–water partition coefficient (Wildman–Crippen LogP) is -1.05. The number of anilines is 3. The second-order valence-corrected chi connectivity index (χ2v) is 4.23. The molecule has 102 valence electrons. The Morgan fingerprint density at radius 1 is 1.47 bits per heavy atom. The Morgan fingerprint density at radius 3 is 2.89 bits per heavy atom. The van der Waals surface area contributed by atoms with Crippen molar-refractivity contribution in [2.45, 2.75) is 6.10 Å². The topological polar surface area (TPSA) is 116 Å². The molecule has 0 saturated carbocycles. The van der Waals surface area contributed by atoms with Gasteiger partial charge in [-0.25, -0.2) is 5.84 Å². The van der Waals surface area contributed by atoms with Gasteiger partial charge in [0.2, 0.25) is 17.8 Å². The first-order valence-corrected chi connectivity index (χ1v) is 5.80. The Balaban J connectivity index is 2.28. The van der Waals surface area contributed by atoms with E-state index in [4.69, 9.17) is 15.8 Å². The average molecular weight is 264 g/mol. The van der Waals surface area contributed by atoms with Crippen LogP contribution in [0.4, 0.5) is 17.8 Å². The molecule has 0 aromatic carbocycles. The number of nitriles is 1. The fraction of sp³-hybridized carbons (Fsp3) is 0.600. The highest BCUT2D eigenvalue weighted by atomic mass is 16.5. The lowest BCUT2D eigenvalue weighted by Crippen LogP contribution is -2.43. The standard InChI is InChI=1S/C10H16N8O/c1-17(2)9-13-8(16-12)14-10(15-9)18-3-4-19-7(5-11)6-18/h7H,3-4,6,12H2,1-2H3,(H,13,14,15,16). The number of nitrogens with zero attached hydrogens (tertiary/aromatic N) is 6. The van der Waals surface area contributed by atoms with Gasteiger partial charge in [0.1, 0.15) is 0 Å². The smallest absolute Gasteiger partial charge is 0.243 e. The van der Waals surface area contributed by atoms with E-state index in [1.54, 1.807) is 4.90 Å². The summed E-state index contributed by atoms with van der Waals surface area (Å²) in [5.41, 5.74) is 2.42. The zero-order valence-corrected chi connectivity index (χ0v) is 10.9. The number of nitrogens with two attached hydrogens (primary N) is 1. The van der Waals surface area contributed by atoms with Gasteiger partial charge in [0.25, 0.3) is 0 Å². The summed E-state index contributed by atoms with van der Waals surface area (Å²) in [5.74, 6) is 6.62. The van der Waals surface area contributed by atoms with Crippen LogP contribution < -0.4 is 21.1 Å². The van der Waals surface area contributed by atoms with E-state index in [0.717, 1.165) is 0 Å². The van der Waals surface area contributed by atoms with Crippen LogP contribution in [0.5, 0.6) is 0 Å². The molecule has 3 N–H and O–H groups in total. The highest BCUT2D eigenvalue weighted by Gasteiger charge is 2.23. The number of hydrogen-bond donors (Lipinski definition) is 2. The average Bonchev–Trinajstić information content (AvgIpc) is 2.46. The quantitative estimate of drug-likeness (QED) is 0.521. The predicted molar refractivity (Wildman–Crippen MR) is 69.5 cm³/mol. The molecule has 19 heavy (non-hydrogen) atoms. The lowest BCUT2D eigenvalue weighted by molar-refractivity contribution is 0.0758. The molecule has 1 aromatic heterocycles. The second kappa shape index (κ2) is 5.64. The van der Waals surface area contributed by atoms with Crippen LogP contribution >= 0.6 is 0 Å². The van der Waals surface area contributed by atoms with Crippen LogP contribution in [0.1, 0.15) is 0 Å². The molecule has 0 bridgehead atoms. The van der Waals surface area contributed by atoms with E-state index < -0.39 is 6.10 Å². The molecule has 1 fully saturated rings. The molecule has 9 nitrogen and oxygen atoms in total. The van der Waals surface area contributed by atoms with Crippen molar-refractivity contribution in [3.05, 3.63) is 0 Å². The van der Waals surface area contributed by atoms with E-state index >= 15 is 0 Å². The van der Waals surface area contributed by atoms with Gasteiger partial charge in [-0.3, -0.25) is 5.43 Å². The molecular weight excluding hydrogens is 248 g/mol. The number of hydrogen-bond acceptors (Lipinski definition) is 9. The summed E-state index contributed by atoms with van der Waals surface area (Å²) >= 11 is 0. The highest BCUT2D eigenvalue weighted by molar-refractivity contribution is 5.44. The van der Waals surface area contributed by atoms with Crippen molar-refractivity contribution in [1.29, 1.82) is 5.26 Å². The fourth-order valence-electron chi connectivity index (χ4n) is 1.67. The summed E-state index contributed by atoms with van der Waals surface area (Å²) in [6, 6.07) is 2.08.